The second-order valence-corrected chi connectivity index (χ2v) is 5.73. The fraction of sp³-hybridized carbons (Fsp3) is 0.118. The first-order valence-corrected chi connectivity index (χ1v) is 8.05. The van der Waals surface area contributed by atoms with Crippen LogP contribution in [0.4, 0.5) is 10.5 Å². The van der Waals surface area contributed by atoms with Gasteiger partial charge in [0.15, 0.2) is 0 Å². The van der Waals surface area contributed by atoms with Crippen molar-refractivity contribution in [2.75, 3.05) is 11.9 Å². The summed E-state index contributed by atoms with van der Waals surface area (Å²) in [5, 5.41) is 9.26. The number of halogens is 2. The highest BCUT2D eigenvalue weighted by molar-refractivity contribution is 6.36. The highest BCUT2D eigenvalue weighted by atomic mass is 35.5. The van der Waals surface area contributed by atoms with E-state index in [2.05, 4.69) is 20.6 Å². The summed E-state index contributed by atoms with van der Waals surface area (Å²) in [4.78, 5) is 27.9. The van der Waals surface area contributed by atoms with Crippen molar-refractivity contribution in [1.82, 2.24) is 5.32 Å². The van der Waals surface area contributed by atoms with Crippen molar-refractivity contribution in [3.63, 3.8) is 0 Å². The Hall–Kier alpha value is -2.57. The van der Waals surface area contributed by atoms with E-state index in [1.807, 2.05) is 30.3 Å². The maximum Gasteiger partial charge on any atom is 0.437 e. The fourth-order valence-electron chi connectivity index (χ4n) is 1.85. The van der Waals surface area contributed by atoms with Crippen molar-refractivity contribution in [1.29, 1.82) is 0 Å². The Bertz CT molecular complexity index is 767. The van der Waals surface area contributed by atoms with Gasteiger partial charge in [-0.3, -0.25) is 14.9 Å². The van der Waals surface area contributed by atoms with Gasteiger partial charge in [0.25, 0.3) is 0 Å². The van der Waals surface area contributed by atoms with Crippen LogP contribution in [0.2, 0.25) is 10.0 Å². The molecule has 0 saturated carbocycles. The second-order valence-electron chi connectivity index (χ2n) is 4.88. The summed E-state index contributed by atoms with van der Waals surface area (Å²) in [7, 11) is 0. The van der Waals surface area contributed by atoms with Crippen molar-refractivity contribution >= 4 is 47.1 Å². The van der Waals surface area contributed by atoms with Gasteiger partial charge in [-0.05, 0) is 23.8 Å². The predicted molar refractivity (Wildman–Crippen MR) is 98.2 cm³/mol. The average molecular weight is 380 g/mol. The molecule has 6 nitrogen and oxygen atoms in total. The summed E-state index contributed by atoms with van der Waals surface area (Å²) in [6.45, 7) is 0.140. The van der Waals surface area contributed by atoms with Crippen LogP contribution in [0.1, 0.15) is 5.56 Å². The van der Waals surface area contributed by atoms with Crippen molar-refractivity contribution in [3.8, 4) is 0 Å². The van der Waals surface area contributed by atoms with Crippen molar-refractivity contribution in [2.45, 2.75) is 6.42 Å². The summed E-state index contributed by atoms with van der Waals surface area (Å²) in [6, 6.07) is 13.9. The SMILES string of the molecule is O=C(Cc1ccccc1)NC/C=N\OC(=O)Nc1ccc(Cl)cc1Cl. The molecule has 0 aromatic heterocycles. The van der Waals surface area contributed by atoms with Crippen LogP contribution in [0.15, 0.2) is 53.7 Å². The molecule has 2 N–H and O–H groups in total. The maximum absolute atomic E-state index is 11.7. The third-order valence-corrected chi connectivity index (χ3v) is 3.52. The Morgan fingerprint density at radius 3 is 2.60 bits per heavy atom. The molecule has 0 unspecified atom stereocenters. The molecule has 0 fully saturated rings. The third-order valence-electron chi connectivity index (χ3n) is 2.98. The van der Waals surface area contributed by atoms with Crippen LogP contribution in [0.25, 0.3) is 0 Å². The van der Waals surface area contributed by atoms with E-state index in [0.29, 0.717) is 10.7 Å². The van der Waals surface area contributed by atoms with Crippen LogP contribution in [0, 0.1) is 0 Å². The Morgan fingerprint density at radius 2 is 1.88 bits per heavy atom. The van der Waals surface area contributed by atoms with Gasteiger partial charge in [-0.25, -0.2) is 4.79 Å². The lowest BCUT2D eigenvalue weighted by Crippen LogP contribution is -2.26. The van der Waals surface area contributed by atoms with E-state index in [4.69, 9.17) is 23.2 Å². The molecule has 0 heterocycles. The van der Waals surface area contributed by atoms with E-state index in [1.54, 1.807) is 12.1 Å². The van der Waals surface area contributed by atoms with Gasteiger partial charge in [0, 0.05) is 5.02 Å². The average Bonchev–Trinajstić information content (AvgIpc) is 2.58. The lowest BCUT2D eigenvalue weighted by molar-refractivity contribution is -0.120. The first kappa shape index (κ1) is 18.8. The Balaban J connectivity index is 1.68. The largest absolute Gasteiger partial charge is 0.437 e. The van der Waals surface area contributed by atoms with Gasteiger partial charge >= 0.3 is 6.09 Å². The minimum Gasteiger partial charge on any atom is -0.351 e. The predicted octanol–water partition coefficient (Wildman–Crippen LogP) is 3.89. The number of carbonyl (C=O) groups excluding carboxylic acids is 2. The van der Waals surface area contributed by atoms with E-state index in [-0.39, 0.29) is 23.9 Å². The van der Waals surface area contributed by atoms with E-state index in [9.17, 15) is 9.59 Å². The molecule has 2 amide bonds. The van der Waals surface area contributed by atoms with Gasteiger partial charge in [-0.15, -0.1) is 0 Å². The van der Waals surface area contributed by atoms with Crippen LogP contribution in [0.3, 0.4) is 0 Å². The normalized spacial score (nSPS) is 10.5. The molecule has 0 atom stereocenters. The zero-order valence-electron chi connectivity index (χ0n) is 13.0. The molecule has 2 aromatic carbocycles. The smallest absolute Gasteiger partial charge is 0.351 e. The van der Waals surface area contributed by atoms with Crippen LogP contribution in [-0.4, -0.2) is 24.8 Å². The van der Waals surface area contributed by atoms with E-state index in [0.717, 1.165) is 5.56 Å². The number of hydrogen-bond donors (Lipinski definition) is 2. The molecular weight excluding hydrogens is 365 g/mol. The molecule has 2 rings (SSSR count). The van der Waals surface area contributed by atoms with Gasteiger partial charge < -0.3 is 5.32 Å². The number of hydrogen-bond acceptors (Lipinski definition) is 4. The number of anilines is 1. The zero-order valence-corrected chi connectivity index (χ0v) is 14.6. The Kier molecular flexibility index (Phi) is 7.25. The fourth-order valence-corrected chi connectivity index (χ4v) is 2.31. The van der Waals surface area contributed by atoms with Crippen LogP contribution < -0.4 is 10.6 Å². The highest BCUT2D eigenvalue weighted by Gasteiger charge is 2.07. The zero-order chi connectivity index (χ0) is 18.1. The molecule has 0 bridgehead atoms. The maximum atomic E-state index is 11.7. The number of nitrogens with one attached hydrogen (secondary N) is 2. The van der Waals surface area contributed by atoms with Gasteiger partial charge in [0.05, 0.1) is 29.9 Å². The number of benzene rings is 2. The molecule has 2 aromatic rings. The van der Waals surface area contributed by atoms with Crippen molar-refractivity contribution < 1.29 is 14.4 Å². The van der Waals surface area contributed by atoms with Gasteiger partial charge in [-0.2, -0.15) is 0 Å². The Morgan fingerprint density at radius 1 is 1.12 bits per heavy atom. The first-order valence-electron chi connectivity index (χ1n) is 7.30. The summed E-state index contributed by atoms with van der Waals surface area (Å²) >= 11 is 11.7. The number of rotatable bonds is 6. The molecule has 0 saturated heterocycles. The number of carbonyl (C=O) groups is 2. The summed E-state index contributed by atoms with van der Waals surface area (Å²) in [5.41, 5.74) is 1.26. The standard InChI is InChI=1S/C17H15Cl2N3O3/c18-13-6-7-15(14(19)11-13)22-17(24)25-21-9-8-20-16(23)10-12-4-2-1-3-5-12/h1-7,9,11H,8,10H2,(H,20,23)(H,22,24)/b21-9-. The van der Waals surface area contributed by atoms with Gasteiger partial charge in [0.2, 0.25) is 5.91 Å². The molecule has 130 valence electrons. The molecule has 8 heteroatoms. The van der Waals surface area contributed by atoms with Crippen molar-refractivity contribution in [3.05, 3.63) is 64.1 Å². The molecular formula is C17H15Cl2N3O3. The number of oxime groups is 1. The summed E-state index contributed by atoms with van der Waals surface area (Å²) in [6.07, 6.45) is 0.730. The topological polar surface area (TPSA) is 79.8 Å². The number of nitrogens with zero attached hydrogens (tertiary/aromatic N) is 1. The molecule has 25 heavy (non-hydrogen) atoms. The van der Waals surface area contributed by atoms with Crippen LogP contribution >= 0.6 is 23.2 Å². The van der Waals surface area contributed by atoms with Crippen molar-refractivity contribution in [2.24, 2.45) is 5.16 Å². The summed E-state index contributed by atoms with van der Waals surface area (Å²) in [5.74, 6) is -0.157. The Labute approximate surface area is 154 Å². The number of amides is 2. The summed E-state index contributed by atoms with van der Waals surface area (Å²) < 4.78 is 0. The molecule has 0 spiro atoms. The van der Waals surface area contributed by atoms with Crippen LogP contribution in [-0.2, 0) is 16.1 Å². The minimum atomic E-state index is -0.809. The molecule has 0 aliphatic heterocycles. The van der Waals surface area contributed by atoms with E-state index < -0.39 is 6.09 Å². The van der Waals surface area contributed by atoms with E-state index >= 15 is 0 Å². The minimum absolute atomic E-state index is 0.140. The first-order chi connectivity index (χ1) is 12.0. The highest BCUT2D eigenvalue weighted by Crippen LogP contribution is 2.25. The second kappa shape index (κ2) is 9.66. The molecule has 0 aliphatic carbocycles. The lowest BCUT2D eigenvalue weighted by Gasteiger charge is -2.05. The van der Waals surface area contributed by atoms with E-state index in [1.165, 1.54) is 12.3 Å². The van der Waals surface area contributed by atoms with Gasteiger partial charge in [0.1, 0.15) is 0 Å². The third kappa shape index (κ3) is 6.82. The molecule has 0 radical (unpaired) electrons. The molecule has 0 aliphatic rings. The van der Waals surface area contributed by atoms with Gasteiger partial charge in [-0.1, -0.05) is 58.7 Å². The monoisotopic (exact) mass is 379 g/mol. The lowest BCUT2D eigenvalue weighted by atomic mass is 10.1. The van der Waals surface area contributed by atoms with Crippen LogP contribution in [0.5, 0.6) is 0 Å². The quantitative estimate of drug-likeness (QED) is 0.453.